The van der Waals surface area contributed by atoms with Gasteiger partial charge in [-0.15, -0.1) is 0 Å². The van der Waals surface area contributed by atoms with Gasteiger partial charge in [0.15, 0.2) is 5.69 Å². The summed E-state index contributed by atoms with van der Waals surface area (Å²) in [6.07, 6.45) is 3.74. The zero-order valence-electron chi connectivity index (χ0n) is 15.4. The van der Waals surface area contributed by atoms with Crippen LogP contribution in [0.25, 0.3) is 5.69 Å². The first kappa shape index (κ1) is 17.3. The van der Waals surface area contributed by atoms with Crippen molar-refractivity contribution in [2.45, 2.75) is 25.7 Å². The number of carbonyl (C=O) groups is 1. The molecule has 3 aromatic rings. The Hall–Kier alpha value is -3.08. The fraction of sp³-hybridized carbons (Fsp3) is 0.273. The lowest BCUT2D eigenvalue weighted by Gasteiger charge is -2.06. The normalized spacial score (nSPS) is 12.6. The predicted molar refractivity (Wildman–Crippen MR) is 105 cm³/mol. The van der Waals surface area contributed by atoms with Crippen LogP contribution < -0.4 is 10.1 Å². The van der Waals surface area contributed by atoms with Crippen molar-refractivity contribution in [2.75, 3.05) is 13.7 Å². The van der Waals surface area contributed by atoms with Gasteiger partial charge in [0.1, 0.15) is 5.75 Å². The SMILES string of the molecule is COc1ccc(CCNC(=O)c2nn(-c3ccccc3)c3c2CCC3)cc1. The predicted octanol–water partition coefficient (Wildman–Crippen LogP) is 3.34. The van der Waals surface area contributed by atoms with Crippen molar-refractivity contribution in [3.63, 3.8) is 0 Å². The quantitative estimate of drug-likeness (QED) is 0.733. The van der Waals surface area contributed by atoms with Crippen molar-refractivity contribution >= 4 is 5.91 Å². The third-order valence-electron chi connectivity index (χ3n) is 5.00. The van der Waals surface area contributed by atoms with E-state index < -0.39 is 0 Å². The van der Waals surface area contributed by atoms with E-state index in [0.717, 1.165) is 48.2 Å². The van der Waals surface area contributed by atoms with Crippen LogP contribution in [0.4, 0.5) is 0 Å². The Morgan fingerprint density at radius 3 is 2.63 bits per heavy atom. The van der Waals surface area contributed by atoms with Crippen LogP contribution in [0.5, 0.6) is 5.75 Å². The molecule has 1 aliphatic rings. The van der Waals surface area contributed by atoms with E-state index in [0.29, 0.717) is 12.2 Å². The van der Waals surface area contributed by atoms with Crippen molar-refractivity contribution < 1.29 is 9.53 Å². The molecule has 0 unspecified atom stereocenters. The smallest absolute Gasteiger partial charge is 0.272 e. The molecule has 0 radical (unpaired) electrons. The molecule has 0 spiro atoms. The molecule has 138 valence electrons. The largest absolute Gasteiger partial charge is 0.497 e. The average molecular weight is 361 g/mol. The highest BCUT2D eigenvalue weighted by molar-refractivity contribution is 5.94. The number of ether oxygens (including phenoxy) is 1. The molecule has 1 amide bonds. The summed E-state index contributed by atoms with van der Waals surface area (Å²) in [4.78, 5) is 12.7. The fourth-order valence-electron chi connectivity index (χ4n) is 3.60. The zero-order chi connectivity index (χ0) is 18.6. The van der Waals surface area contributed by atoms with E-state index in [1.54, 1.807) is 7.11 Å². The van der Waals surface area contributed by atoms with Gasteiger partial charge in [0.25, 0.3) is 5.91 Å². The van der Waals surface area contributed by atoms with E-state index in [2.05, 4.69) is 10.4 Å². The first-order valence-electron chi connectivity index (χ1n) is 9.33. The standard InChI is InChI=1S/C22H23N3O2/c1-27-18-12-10-16(11-13-18)14-15-23-22(26)21-19-8-5-9-20(19)25(24-21)17-6-3-2-4-7-17/h2-4,6-7,10-13H,5,8-9,14-15H2,1H3,(H,23,26). The Balaban J connectivity index is 1.46. The maximum Gasteiger partial charge on any atom is 0.272 e. The Bertz CT molecular complexity index is 930. The van der Waals surface area contributed by atoms with Crippen molar-refractivity contribution in [1.82, 2.24) is 15.1 Å². The van der Waals surface area contributed by atoms with Gasteiger partial charge in [-0.3, -0.25) is 4.79 Å². The van der Waals surface area contributed by atoms with E-state index in [4.69, 9.17) is 4.74 Å². The van der Waals surface area contributed by atoms with E-state index in [1.165, 1.54) is 5.69 Å². The summed E-state index contributed by atoms with van der Waals surface area (Å²) in [5, 5.41) is 7.66. The number of carbonyl (C=O) groups excluding carboxylic acids is 1. The first-order chi connectivity index (χ1) is 13.3. The summed E-state index contributed by atoms with van der Waals surface area (Å²) in [5.74, 6) is 0.751. The van der Waals surface area contributed by atoms with Crippen LogP contribution in [0, 0.1) is 0 Å². The van der Waals surface area contributed by atoms with Crippen LogP contribution in [0.3, 0.4) is 0 Å². The molecule has 27 heavy (non-hydrogen) atoms. The molecule has 1 heterocycles. The van der Waals surface area contributed by atoms with Crippen LogP contribution in [0.15, 0.2) is 54.6 Å². The minimum absolute atomic E-state index is 0.0867. The van der Waals surface area contributed by atoms with E-state index in [9.17, 15) is 4.79 Å². The van der Waals surface area contributed by atoms with Crippen molar-refractivity contribution in [3.8, 4) is 11.4 Å². The van der Waals surface area contributed by atoms with Gasteiger partial charge in [0.2, 0.25) is 0 Å². The first-order valence-corrected chi connectivity index (χ1v) is 9.33. The molecular formula is C22H23N3O2. The van der Waals surface area contributed by atoms with Gasteiger partial charge in [-0.25, -0.2) is 4.68 Å². The molecule has 0 bridgehead atoms. The molecule has 0 saturated carbocycles. The van der Waals surface area contributed by atoms with Crippen LogP contribution in [0.1, 0.15) is 33.7 Å². The summed E-state index contributed by atoms with van der Waals surface area (Å²) >= 11 is 0. The van der Waals surface area contributed by atoms with Gasteiger partial charge < -0.3 is 10.1 Å². The number of nitrogens with one attached hydrogen (secondary N) is 1. The number of methoxy groups -OCH3 is 1. The molecular weight excluding hydrogens is 338 g/mol. The minimum Gasteiger partial charge on any atom is -0.497 e. The number of rotatable bonds is 6. The molecule has 0 atom stereocenters. The summed E-state index contributed by atoms with van der Waals surface area (Å²) in [7, 11) is 1.66. The molecule has 1 aromatic heterocycles. The number of fused-ring (bicyclic) bond motifs is 1. The van der Waals surface area contributed by atoms with Gasteiger partial charge in [0, 0.05) is 17.8 Å². The van der Waals surface area contributed by atoms with E-state index in [-0.39, 0.29) is 5.91 Å². The summed E-state index contributed by atoms with van der Waals surface area (Å²) < 4.78 is 7.10. The van der Waals surface area contributed by atoms with Gasteiger partial charge >= 0.3 is 0 Å². The summed E-state index contributed by atoms with van der Waals surface area (Å²) in [6.45, 7) is 0.581. The zero-order valence-corrected chi connectivity index (χ0v) is 15.4. The maximum absolute atomic E-state index is 12.7. The number of benzene rings is 2. The van der Waals surface area contributed by atoms with Crippen LogP contribution >= 0.6 is 0 Å². The third-order valence-corrected chi connectivity index (χ3v) is 5.00. The molecule has 1 aliphatic carbocycles. The highest BCUT2D eigenvalue weighted by atomic mass is 16.5. The van der Waals surface area contributed by atoms with E-state index >= 15 is 0 Å². The Morgan fingerprint density at radius 2 is 1.89 bits per heavy atom. The Labute approximate surface area is 159 Å². The topological polar surface area (TPSA) is 56.1 Å². The van der Waals surface area contributed by atoms with Crippen LogP contribution in [-0.2, 0) is 19.3 Å². The van der Waals surface area contributed by atoms with Gasteiger partial charge in [-0.1, -0.05) is 30.3 Å². The summed E-state index contributed by atoms with van der Waals surface area (Å²) in [5.41, 5.74) is 5.01. The lowest BCUT2D eigenvalue weighted by Crippen LogP contribution is -2.27. The number of hydrogen-bond acceptors (Lipinski definition) is 3. The monoisotopic (exact) mass is 361 g/mol. The number of nitrogens with zero attached hydrogens (tertiary/aromatic N) is 2. The molecule has 4 rings (SSSR count). The van der Waals surface area contributed by atoms with Gasteiger partial charge in [0.05, 0.1) is 12.8 Å². The maximum atomic E-state index is 12.7. The van der Waals surface area contributed by atoms with Crippen LogP contribution in [-0.4, -0.2) is 29.3 Å². The highest BCUT2D eigenvalue weighted by Crippen LogP contribution is 2.27. The van der Waals surface area contributed by atoms with Gasteiger partial charge in [-0.05, 0) is 55.5 Å². The molecule has 0 saturated heterocycles. The second kappa shape index (κ2) is 7.66. The van der Waals surface area contributed by atoms with E-state index in [1.807, 2.05) is 59.3 Å². The lowest BCUT2D eigenvalue weighted by molar-refractivity contribution is 0.0948. The fourth-order valence-corrected chi connectivity index (χ4v) is 3.60. The minimum atomic E-state index is -0.0867. The molecule has 2 aromatic carbocycles. The molecule has 5 heteroatoms. The Kier molecular flexibility index (Phi) is 4.92. The van der Waals surface area contributed by atoms with Crippen molar-refractivity contribution in [2.24, 2.45) is 0 Å². The van der Waals surface area contributed by atoms with Gasteiger partial charge in [-0.2, -0.15) is 5.10 Å². The van der Waals surface area contributed by atoms with Crippen LogP contribution in [0.2, 0.25) is 0 Å². The molecule has 0 fully saturated rings. The Morgan fingerprint density at radius 1 is 1.11 bits per heavy atom. The molecule has 5 nitrogen and oxygen atoms in total. The molecule has 1 N–H and O–H groups in total. The number of para-hydroxylation sites is 1. The van der Waals surface area contributed by atoms with Crippen molar-refractivity contribution in [1.29, 1.82) is 0 Å². The third kappa shape index (κ3) is 3.58. The number of aromatic nitrogens is 2. The van der Waals surface area contributed by atoms with Crippen molar-refractivity contribution in [3.05, 3.63) is 77.1 Å². The average Bonchev–Trinajstić information content (AvgIpc) is 3.32. The lowest BCUT2D eigenvalue weighted by atomic mass is 10.1. The number of amides is 1. The highest BCUT2D eigenvalue weighted by Gasteiger charge is 2.26. The summed E-state index contributed by atoms with van der Waals surface area (Å²) in [6, 6.07) is 17.9. The second-order valence-electron chi connectivity index (χ2n) is 6.73. The second-order valence-corrected chi connectivity index (χ2v) is 6.73. The molecule has 0 aliphatic heterocycles. The number of hydrogen-bond donors (Lipinski definition) is 1.